The zero-order valence-corrected chi connectivity index (χ0v) is 13.3. The van der Waals surface area contributed by atoms with Crippen LogP contribution in [0.3, 0.4) is 0 Å². The molecule has 0 saturated carbocycles. The number of aryl methyl sites for hydroxylation is 1. The van der Waals surface area contributed by atoms with Gasteiger partial charge in [-0.1, -0.05) is 13.8 Å². The molecular weight excluding hydrogens is 266 g/mol. The Bertz CT molecular complexity index is 482. The van der Waals surface area contributed by atoms with E-state index in [0.29, 0.717) is 18.9 Å². The van der Waals surface area contributed by atoms with Crippen molar-refractivity contribution in [1.29, 1.82) is 0 Å². The standard InChI is InChI=1S/C15H27N5O/c1-10(2)7-12(9-16)8-14(21)17-11(3)15-19-18-13-5-4-6-20(13)15/h10-12H,4-9,16H2,1-3H3,(H,17,21)/t11?,12-/m0/s1. The van der Waals surface area contributed by atoms with Gasteiger partial charge in [-0.2, -0.15) is 0 Å². The van der Waals surface area contributed by atoms with Crippen molar-refractivity contribution in [1.82, 2.24) is 20.1 Å². The van der Waals surface area contributed by atoms with Crippen LogP contribution in [0.25, 0.3) is 0 Å². The fraction of sp³-hybridized carbons (Fsp3) is 0.800. The normalized spacial score (nSPS) is 16.8. The Morgan fingerprint density at radius 3 is 2.81 bits per heavy atom. The summed E-state index contributed by atoms with van der Waals surface area (Å²) in [5, 5.41) is 11.4. The first-order valence-corrected chi connectivity index (χ1v) is 7.92. The number of hydrogen-bond donors (Lipinski definition) is 2. The summed E-state index contributed by atoms with van der Waals surface area (Å²) in [6.07, 6.45) is 3.57. The number of fused-ring (bicyclic) bond motifs is 1. The maximum Gasteiger partial charge on any atom is 0.220 e. The van der Waals surface area contributed by atoms with E-state index < -0.39 is 0 Å². The van der Waals surface area contributed by atoms with E-state index in [1.165, 1.54) is 0 Å². The van der Waals surface area contributed by atoms with E-state index in [1.807, 2.05) is 6.92 Å². The fourth-order valence-corrected chi connectivity index (χ4v) is 3.05. The summed E-state index contributed by atoms with van der Waals surface area (Å²) in [5.74, 6) is 2.76. The van der Waals surface area contributed by atoms with Gasteiger partial charge >= 0.3 is 0 Å². The highest BCUT2D eigenvalue weighted by Crippen LogP contribution is 2.20. The molecule has 1 aromatic rings. The molecule has 1 amide bonds. The molecule has 0 radical (unpaired) electrons. The third-order valence-corrected chi connectivity index (χ3v) is 4.02. The van der Waals surface area contributed by atoms with Gasteiger partial charge in [-0.15, -0.1) is 10.2 Å². The first kappa shape index (κ1) is 15.9. The second-order valence-electron chi connectivity index (χ2n) is 6.45. The van der Waals surface area contributed by atoms with Crippen molar-refractivity contribution in [2.75, 3.05) is 6.54 Å². The van der Waals surface area contributed by atoms with Crippen LogP contribution in [0.15, 0.2) is 0 Å². The van der Waals surface area contributed by atoms with Crippen molar-refractivity contribution in [3.8, 4) is 0 Å². The number of hydrogen-bond acceptors (Lipinski definition) is 4. The molecule has 1 unspecified atom stereocenters. The van der Waals surface area contributed by atoms with Gasteiger partial charge in [0.15, 0.2) is 5.82 Å². The molecule has 21 heavy (non-hydrogen) atoms. The van der Waals surface area contributed by atoms with Gasteiger partial charge in [-0.3, -0.25) is 4.79 Å². The number of aromatic nitrogens is 3. The number of rotatable bonds is 7. The van der Waals surface area contributed by atoms with Gasteiger partial charge in [0.1, 0.15) is 5.82 Å². The number of amides is 1. The Hall–Kier alpha value is -1.43. The molecule has 1 aromatic heterocycles. The van der Waals surface area contributed by atoms with Crippen LogP contribution in [0.2, 0.25) is 0 Å². The van der Waals surface area contributed by atoms with Crippen LogP contribution < -0.4 is 11.1 Å². The van der Waals surface area contributed by atoms with E-state index >= 15 is 0 Å². The maximum absolute atomic E-state index is 12.2. The lowest BCUT2D eigenvalue weighted by Gasteiger charge is -2.19. The van der Waals surface area contributed by atoms with E-state index in [0.717, 1.165) is 37.5 Å². The molecule has 0 bridgehead atoms. The number of carbonyl (C=O) groups excluding carboxylic acids is 1. The SMILES string of the molecule is CC(C)C[C@H](CN)CC(=O)NC(C)c1nnc2n1CCC2. The summed E-state index contributed by atoms with van der Waals surface area (Å²) in [7, 11) is 0. The smallest absolute Gasteiger partial charge is 0.220 e. The van der Waals surface area contributed by atoms with Crippen LogP contribution in [-0.4, -0.2) is 27.2 Å². The zero-order valence-electron chi connectivity index (χ0n) is 13.3. The molecule has 0 saturated heterocycles. The van der Waals surface area contributed by atoms with E-state index in [4.69, 9.17) is 5.73 Å². The van der Waals surface area contributed by atoms with Crippen LogP contribution in [0, 0.1) is 11.8 Å². The van der Waals surface area contributed by atoms with Crippen molar-refractivity contribution in [2.24, 2.45) is 17.6 Å². The third kappa shape index (κ3) is 4.03. The van der Waals surface area contributed by atoms with E-state index in [-0.39, 0.29) is 17.9 Å². The number of carbonyl (C=O) groups is 1. The molecule has 0 spiro atoms. The van der Waals surface area contributed by atoms with Crippen molar-refractivity contribution < 1.29 is 4.79 Å². The largest absolute Gasteiger partial charge is 0.346 e. The van der Waals surface area contributed by atoms with Gasteiger partial charge in [0, 0.05) is 19.4 Å². The first-order chi connectivity index (χ1) is 10.0. The molecule has 0 aromatic carbocycles. The molecule has 1 aliphatic heterocycles. The lowest BCUT2D eigenvalue weighted by molar-refractivity contribution is -0.122. The Labute approximate surface area is 126 Å². The van der Waals surface area contributed by atoms with Gasteiger partial charge < -0.3 is 15.6 Å². The van der Waals surface area contributed by atoms with Crippen molar-refractivity contribution in [3.05, 3.63) is 11.6 Å². The molecule has 1 aliphatic rings. The molecule has 6 nitrogen and oxygen atoms in total. The molecule has 3 N–H and O–H groups in total. The average Bonchev–Trinajstić information content (AvgIpc) is 2.98. The van der Waals surface area contributed by atoms with E-state index in [2.05, 4.69) is 33.9 Å². The maximum atomic E-state index is 12.2. The first-order valence-electron chi connectivity index (χ1n) is 7.92. The minimum Gasteiger partial charge on any atom is -0.346 e. The highest BCUT2D eigenvalue weighted by atomic mass is 16.1. The molecule has 2 rings (SSSR count). The summed E-state index contributed by atoms with van der Waals surface area (Å²) < 4.78 is 2.12. The fourth-order valence-electron chi connectivity index (χ4n) is 3.05. The number of nitrogens with zero attached hydrogens (tertiary/aromatic N) is 3. The Morgan fingerprint density at radius 2 is 2.14 bits per heavy atom. The molecule has 0 fully saturated rings. The Kier molecular flexibility index (Phi) is 5.33. The quantitative estimate of drug-likeness (QED) is 0.796. The van der Waals surface area contributed by atoms with Gasteiger partial charge in [-0.05, 0) is 38.1 Å². The third-order valence-electron chi connectivity index (χ3n) is 4.02. The predicted octanol–water partition coefficient (Wildman–Crippen LogP) is 1.41. The summed E-state index contributed by atoms with van der Waals surface area (Å²) >= 11 is 0. The lowest BCUT2D eigenvalue weighted by Crippen LogP contribution is -2.32. The summed E-state index contributed by atoms with van der Waals surface area (Å²) in [6, 6.07) is -0.102. The van der Waals surface area contributed by atoms with E-state index in [9.17, 15) is 4.79 Å². The minimum absolute atomic E-state index is 0.0500. The van der Waals surface area contributed by atoms with E-state index in [1.54, 1.807) is 0 Å². The molecular formula is C15H27N5O. The Morgan fingerprint density at radius 1 is 1.38 bits per heavy atom. The van der Waals surface area contributed by atoms with Crippen LogP contribution in [0.4, 0.5) is 0 Å². The van der Waals surface area contributed by atoms with Crippen molar-refractivity contribution in [3.63, 3.8) is 0 Å². The monoisotopic (exact) mass is 293 g/mol. The van der Waals surface area contributed by atoms with Crippen LogP contribution >= 0.6 is 0 Å². The molecule has 118 valence electrons. The van der Waals surface area contributed by atoms with Crippen LogP contribution in [0.1, 0.15) is 57.7 Å². The van der Waals surface area contributed by atoms with Gasteiger partial charge in [0.05, 0.1) is 6.04 Å². The minimum atomic E-state index is -0.102. The summed E-state index contributed by atoms with van der Waals surface area (Å²) in [6.45, 7) is 7.79. The van der Waals surface area contributed by atoms with Gasteiger partial charge in [0.2, 0.25) is 5.91 Å². The highest BCUT2D eigenvalue weighted by Gasteiger charge is 2.23. The molecule has 6 heteroatoms. The Balaban J connectivity index is 1.89. The summed E-state index contributed by atoms with van der Waals surface area (Å²) in [5.41, 5.74) is 5.76. The molecule has 2 atom stereocenters. The predicted molar refractivity (Wildman–Crippen MR) is 81.5 cm³/mol. The van der Waals surface area contributed by atoms with Gasteiger partial charge in [0.25, 0.3) is 0 Å². The topological polar surface area (TPSA) is 85.8 Å². The van der Waals surface area contributed by atoms with Crippen molar-refractivity contribution >= 4 is 5.91 Å². The molecule has 0 aliphatic carbocycles. The van der Waals surface area contributed by atoms with Crippen LogP contribution in [-0.2, 0) is 17.8 Å². The number of nitrogens with two attached hydrogens (primary N) is 1. The van der Waals surface area contributed by atoms with Gasteiger partial charge in [-0.25, -0.2) is 0 Å². The second kappa shape index (κ2) is 7.02. The molecule has 2 heterocycles. The average molecular weight is 293 g/mol. The lowest BCUT2D eigenvalue weighted by atomic mass is 9.94. The second-order valence-corrected chi connectivity index (χ2v) is 6.45. The van der Waals surface area contributed by atoms with Crippen LogP contribution in [0.5, 0.6) is 0 Å². The zero-order chi connectivity index (χ0) is 15.4. The van der Waals surface area contributed by atoms with Crippen molar-refractivity contribution in [2.45, 2.75) is 59.0 Å². The summed E-state index contributed by atoms with van der Waals surface area (Å²) in [4.78, 5) is 12.2. The highest BCUT2D eigenvalue weighted by molar-refractivity contribution is 5.76. The number of nitrogens with one attached hydrogen (secondary N) is 1.